The fraction of sp³-hybridized carbons (Fsp3) is 0.682. The Balaban J connectivity index is 1.68. The van der Waals surface area contributed by atoms with Gasteiger partial charge in [-0.25, -0.2) is 0 Å². The molecule has 140 valence electrons. The number of hydrogen-bond acceptors (Lipinski definition) is 2. The smallest absolute Gasteiger partial charge is 0.251 e. The van der Waals surface area contributed by atoms with E-state index in [-0.39, 0.29) is 5.91 Å². The van der Waals surface area contributed by atoms with Crippen LogP contribution >= 0.6 is 0 Å². The standard InChI is InChI=1S/C22H35NO2/c1-3-4-5-6-9-16-25-21-14-12-19(13-15-21)22(24)23-17-20-11-8-7-10-18(20)2/h12-15,18,20H,3-11,16-17H2,1-2H3,(H,23,24). The molecule has 1 aliphatic rings. The van der Waals surface area contributed by atoms with Crippen LogP contribution in [-0.2, 0) is 0 Å². The van der Waals surface area contributed by atoms with Crippen molar-refractivity contribution in [3.63, 3.8) is 0 Å². The van der Waals surface area contributed by atoms with E-state index in [4.69, 9.17) is 4.74 Å². The number of ether oxygens (including phenoxy) is 1. The van der Waals surface area contributed by atoms with Crippen LogP contribution in [0.3, 0.4) is 0 Å². The molecule has 1 aromatic rings. The molecular weight excluding hydrogens is 310 g/mol. The molecule has 0 heterocycles. The predicted molar refractivity (Wildman–Crippen MR) is 104 cm³/mol. The van der Waals surface area contributed by atoms with Gasteiger partial charge in [0.1, 0.15) is 5.75 Å². The van der Waals surface area contributed by atoms with Crippen molar-refractivity contribution in [2.75, 3.05) is 13.2 Å². The molecule has 1 N–H and O–H groups in total. The normalized spacial score (nSPS) is 20.2. The molecule has 1 saturated carbocycles. The highest BCUT2D eigenvalue weighted by Gasteiger charge is 2.21. The molecule has 0 aromatic heterocycles. The van der Waals surface area contributed by atoms with Gasteiger partial charge in [0.15, 0.2) is 0 Å². The van der Waals surface area contributed by atoms with Crippen molar-refractivity contribution in [1.82, 2.24) is 5.32 Å². The molecule has 1 aliphatic carbocycles. The Labute approximate surface area is 153 Å². The molecule has 1 amide bonds. The number of rotatable bonds is 10. The van der Waals surface area contributed by atoms with Gasteiger partial charge in [-0.3, -0.25) is 4.79 Å². The van der Waals surface area contributed by atoms with E-state index in [1.165, 1.54) is 51.4 Å². The molecule has 0 aliphatic heterocycles. The molecule has 0 spiro atoms. The summed E-state index contributed by atoms with van der Waals surface area (Å²) >= 11 is 0. The highest BCUT2D eigenvalue weighted by molar-refractivity contribution is 5.94. The number of carbonyl (C=O) groups is 1. The third-order valence-electron chi connectivity index (χ3n) is 5.45. The molecule has 2 unspecified atom stereocenters. The fourth-order valence-electron chi connectivity index (χ4n) is 3.62. The van der Waals surface area contributed by atoms with Gasteiger partial charge in [0.25, 0.3) is 5.91 Å². The average molecular weight is 346 g/mol. The van der Waals surface area contributed by atoms with Gasteiger partial charge >= 0.3 is 0 Å². The Hall–Kier alpha value is -1.51. The molecule has 2 atom stereocenters. The van der Waals surface area contributed by atoms with Gasteiger partial charge < -0.3 is 10.1 Å². The number of carbonyl (C=O) groups excluding carboxylic acids is 1. The van der Waals surface area contributed by atoms with Crippen LogP contribution in [0.4, 0.5) is 0 Å². The van der Waals surface area contributed by atoms with Crippen LogP contribution in [-0.4, -0.2) is 19.1 Å². The second-order valence-electron chi connectivity index (χ2n) is 7.52. The topological polar surface area (TPSA) is 38.3 Å². The third-order valence-corrected chi connectivity index (χ3v) is 5.45. The van der Waals surface area contributed by atoms with Crippen LogP contribution in [0.15, 0.2) is 24.3 Å². The predicted octanol–water partition coefficient (Wildman–Crippen LogP) is 5.59. The second-order valence-corrected chi connectivity index (χ2v) is 7.52. The monoisotopic (exact) mass is 345 g/mol. The maximum absolute atomic E-state index is 12.3. The van der Waals surface area contributed by atoms with Crippen LogP contribution in [0.5, 0.6) is 5.75 Å². The van der Waals surface area contributed by atoms with Crippen LogP contribution in [0.2, 0.25) is 0 Å². The summed E-state index contributed by atoms with van der Waals surface area (Å²) in [6.07, 6.45) is 11.4. The highest BCUT2D eigenvalue weighted by Crippen LogP contribution is 2.28. The summed E-state index contributed by atoms with van der Waals surface area (Å²) in [6, 6.07) is 7.55. The van der Waals surface area contributed by atoms with E-state index in [1.807, 2.05) is 24.3 Å². The minimum Gasteiger partial charge on any atom is -0.494 e. The van der Waals surface area contributed by atoms with E-state index in [1.54, 1.807) is 0 Å². The van der Waals surface area contributed by atoms with Gasteiger partial charge in [0, 0.05) is 12.1 Å². The summed E-state index contributed by atoms with van der Waals surface area (Å²) in [5, 5.41) is 3.11. The van der Waals surface area contributed by atoms with Gasteiger partial charge in [-0.15, -0.1) is 0 Å². The molecule has 0 saturated heterocycles. The van der Waals surface area contributed by atoms with Gasteiger partial charge in [-0.1, -0.05) is 58.8 Å². The van der Waals surface area contributed by atoms with Crippen molar-refractivity contribution in [3.8, 4) is 5.75 Å². The maximum atomic E-state index is 12.3. The van der Waals surface area contributed by atoms with Crippen LogP contribution in [0.25, 0.3) is 0 Å². The molecule has 1 fully saturated rings. The van der Waals surface area contributed by atoms with E-state index in [2.05, 4.69) is 19.2 Å². The largest absolute Gasteiger partial charge is 0.494 e. The first kappa shape index (κ1) is 19.8. The number of unbranched alkanes of at least 4 members (excludes halogenated alkanes) is 4. The fourth-order valence-corrected chi connectivity index (χ4v) is 3.62. The van der Waals surface area contributed by atoms with Crippen LogP contribution < -0.4 is 10.1 Å². The summed E-state index contributed by atoms with van der Waals surface area (Å²) in [5.41, 5.74) is 0.721. The van der Waals surface area contributed by atoms with Gasteiger partial charge in [0.05, 0.1) is 6.61 Å². The Bertz CT molecular complexity index is 497. The van der Waals surface area contributed by atoms with E-state index in [9.17, 15) is 4.79 Å². The van der Waals surface area contributed by atoms with Gasteiger partial charge in [0.2, 0.25) is 0 Å². The Morgan fingerprint density at radius 1 is 1.08 bits per heavy atom. The zero-order valence-corrected chi connectivity index (χ0v) is 16.1. The van der Waals surface area contributed by atoms with Gasteiger partial charge in [-0.2, -0.15) is 0 Å². The van der Waals surface area contributed by atoms with Crippen molar-refractivity contribution in [3.05, 3.63) is 29.8 Å². The number of benzene rings is 1. The van der Waals surface area contributed by atoms with E-state index in [0.29, 0.717) is 5.92 Å². The zero-order valence-electron chi connectivity index (χ0n) is 16.1. The van der Waals surface area contributed by atoms with Crippen molar-refractivity contribution >= 4 is 5.91 Å². The minimum absolute atomic E-state index is 0.0314. The number of hydrogen-bond donors (Lipinski definition) is 1. The second kappa shape index (κ2) is 11.2. The maximum Gasteiger partial charge on any atom is 0.251 e. The van der Waals surface area contributed by atoms with E-state index >= 15 is 0 Å². The summed E-state index contributed by atoms with van der Waals surface area (Å²) < 4.78 is 5.76. The van der Waals surface area contributed by atoms with Crippen LogP contribution in [0.1, 0.15) is 82.0 Å². The van der Waals surface area contributed by atoms with E-state index in [0.717, 1.165) is 36.8 Å². The molecule has 25 heavy (non-hydrogen) atoms. The Morgan fingerprint density at radius 2 is 1.80 bits per heavy atom. The van der Waals surface area contributed by atoms with Crippen LogP contribution in [0, 0.1) is 11.8 Å². The molecule has 0 bridgehead atoms. The minimum atomic E-state index is 0.0314. The SMILES string of the molecule is CCCCCCCOc1ccc(C(=O)NCC2CCCCC2C)cc1. The van der Waals surface area contributed by atoms with Crippen molar-refractivity contribution < 1.29 is 9.53 Å². The molecule has 1 aromatic carbocycles. The van der Waals surface area contributed by atoms with Crippen molar-refractivity contribution in [2.45, 2.75) is 71.6 Å². The first-order valence-corrected chi connectivity index (χ1v) is 10.2. The zero-order chi connectivity index (χ0) is 17.9. The lowest BCUT2D eigenvalue weighted by Crippen LogP contribution is -2.33. The Morgan fingerprint density at radius 3 is 2.52 bits per heavy atom. The summed E-state index contributed by atoms with van der Waals surface area (Å²) in [6.45, 7) is 6.10. The first-order valence-electron chi connectivity index (χ1n) is 10.2. The molecular formula is C22H35NO2. The molecule has 0 radical (unpaired) electrons. The molecule has 2 rings (SSSR count). The number of nitrogens with one attached hydrogen (secondary N) is 1. The number of amides is 1. The lowest BCUT2D eigenvalue weighted by atomic mass is 9.80. The quantitative estimate of drug-likeness (QED) is 0.561. The lowest BCUT2D eigenvalue weighted by molar-refractivity contribution is 0.0936. The first-order chi connectivity index (χ1) is 12.2. The highest BCUT2D eigenvalue weighted by atomic mass is 16.5. The third kappa shape index (κ3) is 7.09. The van der Waals surface area contributed by atoms with Gasteiger partial charge in [-0.05, 0) is 48.9 Å². The average Bonchev–Trinajstić information content (AvgIpc) is 2.64. The Kier molecular flexibility index (Phi) is 8.85. The summed E-state index contributed by atoms with van der Waals surface area (Å²) in [7, 11) is 0. The molecule has 3 heteroatoms. The van der Waals surface area contributed by atoms with Crippen molar-refractivity contribution in [1.29, 1.82) is 0 Å². The summed E-state index contributed by atoms with van der Waals surface area (Å²) in [5.74, 6) is 2.24. The van der Waals surface area contributed by atoms with Crippen molar-refractivity contribution in [2.24, 2.45) is 11.8 Å². The summed E-state index contributed by atoms with van der Waals surface area (Å²) in [4.78, 5) is 12.3. The van der Waals surface area contributed by atoms with E-state index < -0.39 is 0 Å². The molecule has 3 nitrogen and oxygen atoms in total. The lowest BCUT2D eigenvalue weighted by Gasteiger charge is -2.28.